The van der Waals surface area contributed by atoms with Crippen molar-refractivity contribution < 1.29 is 13.6 Å². The highest BCUT2D eigenvalue weighted by atomic mass is 19.1. The lowest BCUT2D eigenvalue weighted by Gasteiger charge is -2.25. The van der Waals surface area contributed by atoms with Gasteiger partial charge in [0.1, 0.15) is 11.6 Å². The Balaban J connectivity index is 1.86. The number of fused-ring (bicyclic) bond motifs is 1. The SMILES string of the molecule is O=C(c1ccc(F)cc1F)C1Cc2ccccc2CN1. The zero-order valence-corrected chi connectivity index (χ0v) is 10.7. The van der Waals surface area contributed by atoms with Crippen molar-refractivity contribution in [3.8, 4) is 0 Å². The summed E-state index contributed by atoms with van der Waals surface area (Å²) in [6.45, 7) is 0.579. The minimum Gasteiger partial charge on any atom is -0.303 e. The van der Waals surface area contributed by atoms with Crippen molar-refractivity contribution in [1.29, 1.82) is 0 Å². The average Bonchev–Trinajstić information content (AvgIpc) is 2.46. The summed E-state index contributed by atoms with van der Waals surface area (Å²) in [6, 6.07) is 10.4. The van der Waals surface area contributed by atoms with Gasteiger partial charge in [0, 0.05) is 12.6 Å². The topological polar surface area (TPSA) is 29.1 Å². The molecular weight excluding hydrogens is 260 g/mol. The molecule has 2 nitrogen and oxygen atoms in total. The second kappa shape index (κ2) is 5.13. The first kappa shape index (κ1) is 12.9. The first-order valence-electron chi connectivity index (χ1n) is 6.44. The smallest absolute Gasteiger partial charge is 0.183 e. The minimum atomic E-state index is -0.810. The second-order valence-corrected chi connectivity index (χ2v) is 4.89. The van der Waals surface area contributed by atoms with Crippen LogP contribution in [0.5, 0.6) is 0 Å². The number of Topliss-reactive ketones (excluding diaryl/α,β-unsaturated/α-hetero) is 1. The quantitative estimate of drug-likeness (QED) is 0.852. The Labute approximate surface area is 115 Å². The molecule has 1 aliphatic rings. The molecule has 3 rings (SSSR count). The third-order valence-corrected chi connectivity index (χ3v) is 3.59. The first-order chi connectivity index (χ1) is 9.65. The van der Waals surface area contributed by atoms with Crippen molar-refractivity contribution in [1.82, 2.24) is 5.32 Å². The summed E-state index contributed by atoms with van der Waals surface area (Å²) < 4.78 is 26.5. The van der Waals surface area contributed by atoms with E-state index >= 15 is 0 Å². The van der Waals surface area contributed by atoms with Gasteiger partial charge < -0.3 is 5.32 Å². The van der Waals surface area contributed by atoms with Crippen molar-refractivity contribution in [2.24, 2.45) is 0 Å². The molecule has 0 fully saturated rings. The monoisotopic (exact) mass is 273 g/mol. The Bertz CT molecular complexity index is 669. The van der Waals surface area contributed by atoms with Crippen LogP contribution >= 0.6 is 0 Å². The van der Waals surface area contributed by atoms with Crippen LogP contribution in [0.15, 0.2) is 42.5 Å². The number of ketones is 1. The van der Waals surface area contributed by atoms with Crippen molar-refractivity contribution in [3.05, 3.63) is 70.8 Å². The van der Waals surface area contributed by atoms with Crippen LogP contribution < -0.4 is 5.32 Å². The van der Waals surface area contributed by atoms with Crippen molar-refractivity contribution in [3.63, 3.8) is 0 Å². The van der Waals surface area contributed by atoms with Gasteiger partial charge in [-0.1, -0.05) is 24.3 Å². The average molecular weight is 273 g/mol. The molecule has 0 saturated carbocycles. The van der Waals surface area contributed by atoms with Gasteiger partial charge in [0.2, 0.25) is 0 Å². The molecule has 1 aliphatic heterocycles. The van der Waals surface area contributed by atoms with Crippen molar-refractivity contribution in [2.45, 2.75) is 19.0 Å². The molecule has 1 atom stereocenters. The fourth-order valence-electron chi connectivity index (χ4n) is 2.52. The van der Waals surface area contributed by atoms with Crippen LogP contribution in [0.25, 0.3) is 0 Å². The van der Waals surface area contributed by atoms with E-state index in [0.29, 0.717) is 13.0 Å². The fraction of sp³-hybridized carbons (Fsp3) is 0.188. The highest BCUT2D eigenvalue weighted by molar-refractivity contribution is 6.00. The van der Waals surface area contributed by atoms with Gasteiger partial charge in [-0.2, -0.15) is 0 Å². The number of hydrogen-bond donors (Lipinski definition) is 1. The van der Waals surface area contributed by atoms with E-state index in [1.807, 2.05) is 24.3 Å². The molecule has 1 N–H and O–H groups in total. The maximum absolute atomic E-state index is 13.7. The van der Waals surface area contributed by atoms with E-state index in [9.17, 15) is 13.6 Å². The number of nitrogens with one attached hydrogen (secondary N) is 1. The molecule has 0 aliphatic carbocycles. The van der Waals surface area contributed by atoms with Crippen LogP contribution in [-0.2, 0) is 13.0 Å². The summed E-state index contributed by atoms with van der Waals surface area (Å²) in [4.78, 5) is 12.3. The van der Waals surface area contributed by atoms with E-state index in [1.165, 1.54) is 6.07 Å². The first-order valence-corrected chi connectivity index (χ1v) is 6.44. The predicted octanol–water partition coefficient (Wildman–Crippen LogP) is 2.86. The summed E-state index contributed by atoms with van der Waals surface area (Å²) in [5.41, 5.74) is 2.17. The molecule has 2 aromatic rings. The molecule has 20 heavy (non-hydrogen) atoms. The van der Waals surface area contributed by atoms with Gasteiger partial charge in [-0.15, -0.1) is 0 Å². The van der Waals surface area contributed by atoms with Crippen LogP contribution in [0.3, 0.4) is 0 Å². The van der Waals surface area contributed by atoms with Gasteiger partial charge >= 0.3 is 0 Å². The molecule has 0 saturated heterocycles. The number of hydrogen-bond acceptors (Lipinski definition) is 2. The van der Waals surface area contributed by atoms with Crippen LogP contribution in [-0.4, -0.2) is 11.8 Å². The number of carbonyl (C=O) groups excluding carboxylic acids is 1. The molecule has 1 heterocycles. The normalized spacial score (nSPS) is 17.6. The van der Waals surface area contributed by atoms with Gasteiger partial charge in [-0.25, -0.2) is 8.78 Å². The predicted molar refractivity (Wildman–Crippen MR) is 71.5 cm³/mol. The van der Waals surface area contributed by atoms with E-state index in [-0.39, 0.29) is 11.3 Å². The molecule has 2 aromatic carbocycles. The molecule has 4 heteroatoms. The van der Waals surface area contributed by atoms with Crippen molar-refractivity contribution >= 4 is 5.78 Å². The summed E-state index contributed by atoms with van der Waals surface area (Å²) in [6.07, 6.45) is 0.520. The molecule has 0 amide bonds. The third-order valence-electron chi connectivity index (χ3n) is 3.59. The second-order valence-electron chi connectivity index (χ2n) is 4.89. The number of rotatable bonds is 2. The van der Waals surface area contributed by atoms with E-state index in [0.717, 1.165) is 23.3 Å². The lowest BCUT2D eigenvalue weighted by Crippen LogP contribution is -2.42. The summed E-state index contributed by atoms with van der Waals surface area (Å²) in [5.74, 6) is -1.83. The van der Waals surface area contributed by atoms with E-state index in [1.54, 1.807) is 0 Å². The number of carbonyl (C=O) groups is 1. The third kappa shape index (κ3) is 2.34. The highest BCUT2D eigenvalue weighted by Crippen LogP contribution is 2.20. The van der Waals surface area contributed by atoms with Crippen LogP contribution in [0.1, 0.15) is 21.5 Å². The van der Waals surface area contributed by atoms with Gasteiger partial charge in [0.15, 0.2) is 5.78 Å². The Hall–Kier alpha value is -2.07. The largest absolute Gasteiger partial charge is 0.303 e. The van der Waals surface area contributed by atoms with Crippen LogP contribution in [0, 0.1) is 11.6 Å². The molecule has 0 bridgehead atoms. The van der Waals surface area contributed by atoms with Gasteiger partial charge in [0.25, 0.3) is 0 Å². The number of benzene rings is 2. The van der Waals surface area contributed by atoms with Gasteiger partial charge in [-0.3, -0.25) is 4.79 Å². The van der Waals surface area contributed by atoms with Crippen molar-refractivity contribution in [2.75, 3.05) is 0 Å². The number of halogens is 2. The van der Waals surface area contributed by atoms with Gasteiger partial charge in [-0.05, 0) is 29.7 Å². The summed E-state index contributed by atoms with van der Waals surface area (Å²) in [7, 11) is 0. The molecular formula is C16H13F2NO. The Kier molecular flexibility index (Phi) is 3.32. The fourth-order valence-corrected chi connectivity index (χ4v) is 2.52. The van der Waals surface area contributed by atoms with E-state index in [4.69, 9.17) is 0 Å². The molecule has 1 unspecified atom stereocenters. The summed E-state index contributed by atoms with van der Waals surface area (Å²) >= 11 is 0. The zero-order chi connectivity index (χ0) is 14.1. The standard InChI is InChI=1S/C16H13F2NO/c17-12-5-6-13(14(18)8-12)16(20)15-7-10-3-1-2-4-11(10)9-19-15/h1-6,8,15,19H,7,9H2. The van der Waals surface area contributed by atoms with Crippen LogP contribution in [0.2, 0.25) is 0 Å². The van der Waals surface area contributed by atoms with E-state index in [2.05, 4.69) is 5.32 Å². The molecule has 0 spiro atoms. The maximum Gasteiger partial charge on any atom is 0.183 e. The Morgan fingerprint density at radius 2 is 1.85 bits per heavy atom. The Morgan fingerprint density at radius 1 is 1.10 bits per heavy atom. The Morgan fingerprint density at radius 3 is 2.60 bits per heavy atom. The lowest BCUT2D eigenvalue weighted by molar-refractivity contribution is 0.0934. The minimum absolute atomic E-state index is 0.0664. The van der Waals surface area contributed by atoms with E-state index < -0.39 is 17.7 Å². The zero-order valence-electron chi connectivity index (χ0n) is 10.7. The highest BCUT2D eigenvalue weighted by Gasteiger charge is 2.26. The molecule has 0 radical (unpaired) electrons. The molecule has 0 aromatic heterocycles. The molecule has 102 valence electrons. The van der Waals surface area contributed by atoms with Gasteiger partial charge in [0.05, 0.1) is 11.6 Å². The summed E-state index contributed by atoms with van der Waals surface area (Å²) in [5, 5.41) is 3.11. The van der Waals surface area contributed by atoms with Crippen LogP contribution in [0.4, 0.5) is 8.78 Å². The lowest BCUT2D eigenvalue weighted by atomic mass is 9.91. The maximum atomic E-state index is 13.7.